The Morgan fingerprint density at radius 3 is 2.75 bits per heavy atom. The van der Waals surface area contributed by atoms with Gasteiger partial charge in [0.1, 0.15) is 12.4 Å². The van der Waals surface area contributed by atoms with Crippen molar-refractivity contribution in [3.63, 3.8) is 0 Å². The number of nitrogens with zero attached hydrogens (tertiary/aromatic N) is 2. The van der Waals surface area contributed by atoms with Gasteiger partial charge in [0.05, 0.1) is 22.0 Å². The molecule has 0 unspecified atom stereocenters. The molecule has 106 valence electrons. The number of aromatic nitrogens is 2. The minimum absolute atomic E-state index is 0.135. The molecule has 0 saturated heterocycles. The van der Waals surface area contributed by atoms with Crippen molar-refractivity contribution in [2.75, 3.05) is 0 Å². The molecule has 0 atom stereocenters. The average Bonchev–Trinajstić information content (AvgIpc) is 2.78. The average molecular weight is 295 g/mol. The zero-order valence-corrected chi connectivity index (χ0v) is 12.0. The maximum absolute atomic E-state index is 10.8. The van der Waals surface area contributed by atoms with Gasteiger partial charge in [0.2, 0.25) is 0 Å². The molecule has 1 heterocycles. The molecule has 1 aromatic carbocycles. The van der Waals surface area contributed by atoms with Crippen LogP contribution >= 0.6 is 11.6 Å². The second-order valence-electron chi connectivity index (χ2n) is 4.34. The summed E-state index contributed by atoms with van der Waals surface area (Å²) in [4.78, 5) is 10.8. The normalized spacial score (nSPS) is 10.6. The molecule has 0 aliphatic carbocycles. The maximum atomic E-state index is 10.8. The Balaban J connectivity index is 2.10. The van der Waals surface area contributed by atoms with Gasteiger partial charge in [-0.1, -0.05) is 18.5 Å². The van der Waals surface area contributed by atoms with E-state index in [2.05, 4.69) is 5.10 Å². The highest BCUT2D eigenvalue weighted by Gasteiger charge is 2.09. The first-order valence-electron chi connectivity index (χ1n) is 6.18. The largest absolute Gasteiger partial charge is 0.486 e. The lowest BCUT2D eigenvalue weighted by Crippen LogP contribution is -2.04. The van der Waals surface area contributed by atoms with Gasteiger partial charge in [-0.3, -0.25) is 4.68 Å². The van der Waals surface area contributed by atoms with Crippen molar-refractivity contribution < 1.29 is 14.6 Å². The van der Waals surface area contributed by atoms with Crippen LogP contribution in [0.3, 0.4) is 0 Å². The molecule has 20 heavy (non-hydrogen) atoms. The fourth-order valence-corrected chi connectivity index (χ4v) is 2.02. The highest BCUT2D eigenvalue weighted by Crippen LogP contribution is 2.26. The van der Waals surface area contributed by atoms with E-state index in [-0.39, 0.29) is 10.6 Å². The molecule has 0 fully saturated rings. The summed E-state index contributed by atoms with van der Waals surface area (Å²) < 4.78 is 7.37. The monoisotopic (exact) mass is 294 g/mol. The molecule has 0 spiro atoms. The first kappa shape index (κ1) is 14.4. The predicted molar refractivity (Wildman–Crippen MR) is 75.3 cm³/mol. The lowest BCUT2D eigenvalue weighted by molar-refractivity contribution is 0.0697. The van der Waals surface area contributed by atoms with E-state index in [1.165, 1.54) is 12.1 Å². The lowest BCUT2D eigenvalue weighted by atomic mass is 10.2. The summed E-state index contributed by atoms with van der Waals surface area (Å²) in [7, 11) is 1.85. The van der Waals surface area contributed by atoms with Crippen molar-refractivity contribution >= 4 is 17.6 Å². The number of aryl methyl sites for hydroxylation is 2. The number of ether oxygens (including phenoxy) is 1. The Labute approximate surface area is 121 Å². The summed E-state index contributed by atoms with van der Waals surface area (Å²) in [5.74, 6) is -0.561. The maximum Gasteiger partial charge on any atom is 0.335 e. The molecule has 0 saturated carbocycles. The van der Waals surface area contributed by atoms with E-state index >= 15 is 0 Å². The third-order valence-electron chi connectivity index (χ3n) is 2.94. The van der Waals surface area contributed by atoms with Gasteiger partial charge in [-0.2, -0.15) is 5.10 Å². The van der Waals surface area contributed by atoms with Crippen molar-refractivity contribution in [1.82, 2.24) is 9.78 Å². The predicted octanol–water partition coefficient (Wildman–Crippen LogP) is 2.91. The molecule has 0 amide bonds. The minimum Gasteiger partial charge on any atom is -0.486 e. The van der Waals surface area contributed by atoms with Crippen LogP contribution in [0, 0.1) is 0 Å². The Morgan fingerprint density at radius 1 is 1.45 bits per heavy atom. The number of carboxylic acids is 1. The summed E-state index contributed by atoms with van der Waals surface area (Å²) in [6.07, 6.45) is 0.863. The highest BCUT2D eigenvalue weighted by molar-refractivity contribution is 6.32. The number of carboxylic acid groups (broad SMARTS) is 1. The molecule has 0 bridgehead atoms. The molecule has 2 aromatic rings. The Hall–Kier alpha value is -2.01. The van der Waals surface area contributed by atoms with Crippen LogP contribution in [0.1, 0.15) is 28.7 Å². The number of halogens is 1. The summed E-state index contributed by atoms with van der Waals surface area (Å²) in [5.41, 5.74) is 2.06. The molecular formula is C14H15ClN2O3. The number of rotatable bonds is 5. The fraction of sp³-hybridized carbons (Fsp3) is 0.286. The van der Waals surface area contributed by atoms with Crippen molar-refractivity contribution in [3.8, 4) is 5.75 Å². The third-order valence-corrected chi connectivity index (χ3v) is 3.24. The van der Waals surface area contributed by atoms with Gasteiger partial charge >= 0.3 is 5.97 Å². The van der Waals surface area contributed by atoms with Crippen LogP contribution in [0.4, 0.5) is 0 Å². The van der Waals surface area contributed by atoms with Gasteiger partial charge in [0.15, 0.2) is 0 Å². The van der Waals surface area contributed by atoms with Crippen molar-refractivity contribution in [2.45, 2.75) is 20.0 Å². The second kappa shape index (κ2) is 5.96. The van der Waals surface area contributed by atoms with Crippen LogP contribution in [0.25, 0.3) is 0 Å². The highest BCUT2D eigenvalue weighted by atomic mass is 35.5. The summed E-state index contributed by atoms with van der Waals surface area (Å²) in [6.45, 7) is 2.37. The molecule has 1 N–H and O–H groups in total. The summed E-state index contributed by atoms with van der Waals surface area (Å²) in [5, 5.41) is 13.5. The molecule has 1 aromatic heterocycles. The van der Waals surface area contributed by atoms with Crippen molar-refractivity contribution in [1.29, 1.82) is 0 Å². The van der Waals surface area contributed by atoms with Crippen LogP contribution in [-0.2, 0) is 20.1 Å². The summed E-state index contributed by atoms with van der Waals surface area (Å²) >= 11 is 6.00. The van der Waals surface area contributed by atoms with Gasteiger partial charge in [0.25, 0.3) is 0 Å². The molecule has 5 nitrogen and oxygen atoms in total. The van der Waals surface area contributed by atoms with Gasteiger partial charge < -0.3 is 9.84 Å². The van der Waals surface area contributed by atoms with Crippen molar-refractivity contribution in [3.05, 3.63) is 46.2 Å². The smallest absolute Gasteiger partial charge is 0.335 e. The van der Waals surface area contributed by atoms with Crippen LogP contribution in [0.2, 0.25) is 5.02 Å². The van der Waals surface area contributed by atoms with Crippen LogP contribution in [0.15, 0.2) is 24.3 Å². The van der Waals surface area contributed by atoms with E-state index in [1.807, 2.05) is 20.0 Å². The second-order valence-corrected chi connectivity index (χ2v) is 4.75. The van der Waals surface area contributed by atoms with Gasteiger partial charge in [-0.05, 0) is 30.7 Å². The van der Waals surface area contributed by atoms with Crippen LogP contribution < -0.4 is 4.74 Å². The molecule has 0 aliphatic rings. The zero-order valence-electron chi connectivity index (χ0n) is 11.3. The number of carbonyl (C=O) groups is 1. The third kappa shape index (κ3) is 3.11. The topological polar surface area (TPSA) is 64.3 Å². The molecule has 6 heteroatoms. The van der Waals surface area contributed by atoms with Crippen molar-refractivity contribution in [2.24, 2.45) is 7.05 Å². The van der Waals surface area contributed by atoms with E-state index in [1.54, 1.807) is 10.7 Å². The van der Waals surface area contributed by atoms with E-state index < -0.39 is 5.97 Å². The van der Waals surface area contributed by atoms with Gasteiger partial charge in [-0.15, -0.1) is 0 Å². The Bertz CT molecular complexity index is 637. The number of hydrogen-bond acceptors (Lipinski definition) is 3. The first-order valence-corrected chi connectivity index (χ1v) is 6.56. The van der Waals surface area contributed by atoms with Gasteiger partial charge in [0, 0.05) is 7.05 Å². The van der Waals surface area contributed by atoms with Crippen LogP contribution in [-0.4, -0.2) is 20.9 Å². The quantitative estimate of drug-likeness (QED) is 0.921. The number of aromatic carboxylic acids is 1. The zero-order chi connectivity index (χ0) is 14.7. The molecule has 0 radical (unpaired) electrons. The Kier molecular flexibility index (Phi) is 4.29. The summed E-state index contributed by atoms with van der Waals surface area (Å²) in [6, 6.07) is 6.37. The van der Waals surface area contributed by atoms with E-state index in [0.29, 0.717) is 12.4 Å². The van der Waals surface area contributed by atoms with Gasteiger partial charge in [-0.25, -0.2) is 4.79 Å². The standard InChI is InChI=1S/C14H15ClN2O3/c1-3-10-7-11(17(2)16-10)8-20-13-5-4-9(14(18)19)6-12(13)15/h4-7H,3,8H2,1-2H3,(H,18,19). The molecule has 2 rings (SSSR count). The number of hydrogen-bond donors (Lipinski definition) is 1. The lowest BCUT2D eigenvalue weighted by Gasteiger charge is -2.08. The van der Waals surface area contributed by atoms with E-state index in [0.717, 1.165) is 17.8 Å². The first-order chi connectivity index (χ1) is 9.51. The Morgan fingerprint density at radius 2 is 2.20 bits per heavy atom. The molecule has 0 aliphatic heterocycles. The minimum atomic E-state index is -1.02. The SMILES string of the molecule is CCc1cc(COc2ccc(C(=O)O)cc2Cl)n(C)n1. The number of benzene rings is 1. The van der Waals surface area contributed by atoms with E-state index in [4.69, 9.17) is 21.4 Å². The fourth-order valence-electron chi connectivity index (χ4n) is 1.78. The van der Waals surface area contributed by atoms with E-state index in [9.17, 15) is 4.79 Å². The molecular weight excluding hydrogens is 280 g/mol. The van der Waals surface area contributed by atoms with Crippen LogP contribution in [0.5, 0.6) is 5.75 Å².